The summed E-state index contributed by atoms with van der Waals surface area (Å²) in [6.45, 7) is -0.285. The van der Waals surface area contributed by atoms with Gasteiger partial charge in [0.05, 0.1) is 11.9 Å². The van der Waals surface area contributed by atoms with Gasteiger partial charge in [-0.25, -0.2) is 9.07 Å². The normalized spacial score (nSPS) is 19.5. The lowest BCUT2D eigenvalue weighted by molar-refractivity contribution is -0.0369. The van der Waals surface area contributed by atoms with Crippen LogP contribution in [0.1, 0.15) is 56.8 Å². The number of nitrogen functional groups attached to an aromatic ring is 1. The summed E-state index contributed by atoms with van der Waals surface area (Å²) in [5.74, 6) is -1.04. The average Bonchev–Trinajstić information content (AvgIpc) is 3.15. The lowest BCUT2D eigenvalue weighted by Gasteiger charge is -2.23. The zero-order valence-corrected chi connectivity index (χ0v) is 14.8. The topological polar surface area (TPSA) is 83.0 Å². The molecule has 3 aromatic rings. The van der Waals surface area contributed by atoms with E-state index in [1.54, 1.807) is 0 Å². The van der Waals surface area contributed by atoms with Crippen LogP contribution in [0.5, 0.6) is 0 Å². The Labute approximate surface area is 160 Å². The molecule has 0 amide bonds. The predicted octanol–water partition coefficient (Wildman–Crippen LogP) is 3.70. The minimum absolute atomic E-state index is 0.00546. The molecular weight excluding hydrogens is 347 g/mol. The van der Waals surface area contributed by atoms with Gasteiger partial charge >= 0.3 is 0 Å². The highest BCUT2D eigenvalue weighted by molar-refractivity contribution is 6.17. The predicted molar refractivity (Wildman–Crippen MR) is 100 cm³/mol. The number of carbonyl (C=O) groups excluding carboxylic acids is 1. The first-order valence-electron chi connectivity index (χ1n) is 10.3. The van der Waals surface area contributed by atoms with E-state index in [9.17, 15) is 9.18 Å². The van der Waals surface area contributed by atoms with Gasteiger partial charge in [0.25, 0.3) is 0 Å². The second-order valence-electron chi connectivity index (χ2n) is 6.66. The van der Waals surface area contributed by atoms with E-state index in [1.807, 2.05) is 0 Å². The quantitative estimate of drug-likeness (QED) is 0.710. The summed E-state index contributed by atoms with van der Waals surface area (Å²) < 4.78 is 44.6. The third kappa shape index (κ3) is 2.88. The van der Waals surface area contributed by atoms with Gasteiger partial charge in [0, 0.05) is 27.9 Å². The first-order chi connectivity index (χ1) is 14.2. The van der Waals surface area contributed by atoms with Crippen molar-refractivity contribution in [3.63, 3.8) is 0 Å². The van der Waals surface area contributed by atoms with Crippen LogP contribution in [0, 0.1) is 19.6 Å². The average molecular weight is 371 g/mol. The maximum absolute atomic E-state index is 14.7. The number of fused-ring (bicyclic) bond motifs is 1. The third-order valence-electron chi connectivity index (χ3n) is 4.98. The molecule has 1 fully saturated rings. The molecule has 6 nitrogen and oxygen atoms in total. The highest BCUT2D eigenvalue weighted by Crippen LogP contribution is 2.31. The molecule has 27 heavy (non-hydrogen) atoms. The summed E-state index contributed by atoms with van der Waals surface area (Å²) in [5, 5.41) is 4.60. The van der Waals surface area contributed by atoms with Gasteiger partial charge in [0.1, 0.15) is 17.0 Å². The molecule has 1 aromatic carbocycles. The highest BCUT2D eigenvalue weighted by Gasteiger charge is 2.25. The minimum Gasteiger partial charge on any atom is -0.397 e. The van der Waals surface area contributed by atoms with Crippen molar-refractivity contribution in [2.24, 2.45) is 0 Å². The van der Waals surface area contributed by atoms with Crippen LogP contribution in [-0.4, -0.2) is 27.2 Å². The van der Waals surface area contributed by atoms with Crippen molar-refractivity contribution >= 4 is 22.4 Å². The lowest BCUT2D eigenvalue weighted by atomic mass is 10.00. The Morgan fingerprint density at radius 3 is 3.00 bits per heavy atom. The van der Waals surface area contributed by atoms with Gasteiger partial charge in [-0.15, -0.1) is 0 Å². The highest BCUT2D eigenvalue weighted by atomic mass is 19.1. The number of aryl methyl sites for hydroxylation is 1. The van der Waals surface area contributed by atoms with E-state index >= 15 is 0 Å². The number of aromatic nitrogens is 3. The maximum atomic E-state index is 14.7. The van der Waals surface area contributed by atoms with Crippen LogP contribution < -0.4 is 5.73 Å². The molecule has 1 aliphatic rings. The molecule has 2 N–H and O–H groups in total. The van der Waals surface area contributed by atoms with E-state index in [1.165, 1.54) is 29.9 Å². The van der Waals surface area contributed by atoms with Gasteiger partial charge in [0.2, 0.25) is 5.78 Å². The van der Waals surface area contributed by atoms with Crippen molar-refractivity contribution in [1.29, 1.82) is 0 Å². The fourth-order valence-corrected chi connectivity index (χ4v) is 3.38. The number of ketones is 1. The number of benzene rings is 1. The molecular formula is C20H21FN4O2. The Bertz CT molecular complexity index is 1140. The van der Waals surface area contributed by atoms with Crippen LogP contribution in [0.25, 0.3) is 10.9 Å². The molecule has 0 aliphatic carbocycles. The minimum atomic E-state index is -2.39. The first kappa shape index (κ1) is 14.3. The standard InChI is InChI=1S/C20H21FN4O2/c1-11-9-23-18(17(22)12(11)2)20(26)13-6-7-15(21)19-14(13)10-24-25(19)16-5-3-4-8-27-16/h6-7,9-10,16H,3-5,8,22H2,1-2H3/i1D3. The van der Waals surface area contributed by atoms with E-state index in [0.717, 1.165) is 19.0 Å². The van der Waals surface area contributed by atoms with E-state index in [4.69, 9.17) is 14.6 Å². The number of nitrogens with zero attached hydrogens (tertiary/aromatic N) is 3. The van der Waals surface area contributed by atoms with Gasteiger partial charge in [-0.05, 0) is 56.3 Å². The molecule has 0 bridgehead atoms. The molecule has 1 aliphatic heterocycles. The number of halogens is 1. The van der Waals surface area contributed by atoms with Crippen LogP contribution in [0.2, 0.25) is 0 Å². The van der Waals surface area contributed by atoms with Gasteiger partial charge < -0.3 is 10.5 Å². The first-order valence-corrected chi connectivity index (χ1v) is 8.77. The number of anilines is 1. The SMILES string of the molecule is [2H]C([2H])([2H])c1cnc(C(=O)c2ccc(F)c3c2cnn3C2CCCCO2)c(N)c1C. The summed E-state index contributed by atoms with van der Waals surface area (Å²) in [4.78, 5) is 17.2. The molecule has 0 saturated carbocycles. The van der Waals surface area contributed by atoms with Crippen LogP contribution >= 0.6 is 0 Å². The van der Waals surface area contributed by atoms with Gasteiger partial charge in [0.15, 0.2) is 6.23 Å². The largest absolute Gasteiger partial charge is 0.397 e. The summed E-state index contributed by atoms with van der Waals surface area (Å²) in [6, 6.07) is 2.57. The number of nitrogens with two attached hydrogens (primary N) is 1. The number of carbonyl (C=O) groups is 1. The molecule has 2 aromatic heterocycles. The Kier molecular flexibility index (Phi) is 3.56. The molecule has 1 unspecified atom stereocenters. The summed E-state index contributed by atoms with van der Waals surface area (Å²) >= 11 is 0. The monoisotopic (exact) mass is 371 g/mol. The van der Waals surface area contributed by atoms with E-state index < -0.39 is 18.5 Å². The molecule has 4 rings (SSSR count). The van der Waals surface area contributed by atoms with Crippen molar-refractivity contribution in [3.8, 4) is 0 Å². The van der Waals surface area contributed by atoms with Crippen molar-refractivity contribution in [1.82, 2.24) is 14.8 Å². The van der Waals surface area contributed by atoms with Crippen molar-refractivity contribution in [2.45, 2.75) is 39.3 Å². The summed E-state index contributed by atoms with van der Waals surface area (Å²) in [5.41, 5.74) is 6.62. The fourth-order valence-electron chi connectivity index (χ4n) is 3.38. The van der Waals surface area contributed by atoms with Crippen LogP contribution in [0.4, 0.5) is 10.1 Å². The van der Waals surface area contributed by atoms with E-state index in [2.05, 4.69) is 10.1 Å². The van der Waals surface area contributed by atoms with Gasteiger partial charge in [-0.3, -0.25) is 9.78 Å². The zero-order valence-electron chi connectivity index (χ0n) is 17.8. The number of pyridine rings is 1. The zero-order chi connectivity index (χ0) is 21.6. The van der Waals surface area contributed by atoms with E-state index in [0.29, 0.717) is 18.4 Å². The maximum Gasteiger partial charge on any atom is 0.214 e. The van der Waals surface area contributed by atoms with E-state index in [-0.39, 0.29) is 39.8 Å². The van der Waals surface area contributed by atoms with Crippen molar-refractivity contribution < 1.29 is 18.0 Å². The van der Waals surface area contributed by atoms with Crippen LogP contribution in [-0.2, 0) is 4.74 Å². The summed E-state index contributed by atoms with van der Waals surface area (Å²) in [7, 11) is 0. The molecule has 1 atom stereocenters. The number of hydrogen-bond donors (Lipinski definition) is 1. The van der Waals surface area contributed by atoms with Gasteiger partial charge in [-0.1, -0.05) is 0 Å². The number of ether oxygens (including phenoxy) is 1. The second-order valence-corrected chi connectivity index (χ2v) is 6.66. The van der Waals surface area contributed by atoms with Crippen LogP contribution in [0.3, 0.4) is 0 Å². The molecule has 3 heterocycles. The molecule has 0 spiro atoms. The molecule has 1 saturated heterocycles. The Balaban J connectivity index is 1.81. The molecule has 7 heteroatoms. The molecule has 0 radical (unpaired) electrons. The van der Waals surface area contributed by atoms with Crippen molar-refractivity contribution in [2.75, 3.05) is 12.3 Å². The fraction of sp³-hybridized carbons (Fsp3) is 0.350. The van der Waals surface area contributed by atoms with Crippen LogP contribution in [0.15, 0.2) is 24.5 Å². The number of rotatable bonds is 3. The number of hydrogen-bond acceptors (Lipinski definition) is 5. The lowest BCUT2D eigenvalue weighted by Crippen LogP contribution is -2.19. The van der Waals surface area contributed by atoms with Gasteiger partial charge in [-0.2, -0.15) is 5.10 Å². The Morgan fingerprint density at radius 2 is 2.26 bits per heavy atom. The Morgan fingerprint density at radius 1 is 1.41 bits per heavy atom. The van der Waals surface area contributed by atoms with Crippen molar-refractivity contribution in [3.05, 3.63) is 52.7 Å². The third-order valence-corrected chi connectivity index (χ3v) is 4.98. The molecule has 140 valence electrons. The summed E-state index contributed by atoms with van der Waals surface area (Å²) in [6.07, 6.45) is 4.79. The Hall–Kier alpha value is -2.80. The smallest absolute Gasteiger partial charge is 0.214 e. The second kappa shape index (κ2) is 6.74.